The van der Waals surface area contributed by atoms with Crippen molar-refractivity contribution in [1.29, 1.82) is 0 Å². The molecule has 1 saturated heterocycles. The molecule has 0 bridgehead atoms. The van der Waals surface area contributed by atoms with Crippen molar-refractivity contribution in [2.45, 2.75) is 51.5 Å². The molecule has 0 amide bonds. The van der Waals surface area contributed by atoms with E-state index in [1.54, 1.807) is 14.2 Å². The summed E-state index contributed by atoms with van der Waals surface area (Å²) in [6, 6.07) is 16.5. The van der Waals surface area contributed by atoms with E-state index < -0.39 is 0 Å². The van der Waals surface area contributed by atoms with E-state index in [0.717, 1.165) is 48.7 Å². The molecule has 4 nitrogen and oxygen atoms in total. The van der Waals surface area contributed by atoms with Crippen molar-refractivity contribution in [1.82, 2.24) is 9.88 Å². The van der Waals surface area contributed by atoms with Gasteiger partial charge in [0.25, 0.3) is 0 Å². The average molecular weight is 451 g/mol. The number of piperidine rings is 1. The predicted molar refractivity (Wildman–Crippen MR) is 134 cm³/mol. The first-order valence-corrected chi connectivity index (χ1v) is 12.1. The molecule has 170 valence electrons. The summed E-state index contributed by atoms with van der Waals surface area (Å²) in [6.45, 7) is 11.5. The van der Waals surface area contributed by atoms with Gasteiger partial charge in [0.05, 0.1) is 29.8 Å². The lowest BCUT2D eigenvalue weighted by molar-refractivity contribution is 0.0793. The van der Waals surface area contributed by atoms with Crippen LogP contribution >= 0.6 is 11.3 Å². The second-order valence-corrected chi connectivity index (χ2v) is 10.9. The minimum absolute atomic E-state index is 0.0956. The largest absolute Gasteiger partial charge is 0.497 e. The Morgan fingerprint density at radius 3 is 1.81 bits per heavy atom. The minimum atomic E-state index is 0.0956. The summed E-state index contributed by atoms with van der Waals surface area (Å²) in [6.07, 6.45) is 2.25. The molecule has 0 N–H and O–H groups in total. The van der Waals surface area contributed by atoms with Crippen LogP contribution in [0.1, 0.15) is 45.5 Å². The van der Waals surface area contributed by atoms with Gasteiger partial charge in [-0.2, -0.15) is 0 Å². The van der Waals surface area contributed by atoms with Crippen molar-refractivity contribution in [3.8, 4) is 33.2 Å². The summed E-state index contributed by atoms with van der Waals surface area (Å²) < 4.78 is 10.7. The number of thiazole rings is 1. The van der Waals surface area contributed by atoms with E-state index in [2.05, 4.69) is 56.9 Å². The molecule has 0 atom stereocenters. The molecular formula is C27H34N2O2S. The highest BCUT2D eigenvalue weighted by Crippen LogP contribution is 2.45. The van der Waals surface area contributed by atoms with Crippen LogP contribution in [0.3, 0.4) is 0 Å². The third-order valence-electron chi connectivity index (χ3n) is 6.67. The fourth-order valence-corrected chi connectivity index (χ4v) is 5.64. The van der Waals surface area contributed by atoms with Gasteiger partial charge in [0, 0.05) is 16.5 Å². The molecule has 3 aromatic rings. The number of hydrogen-bond acceptors (Lipinski definition) is 5. The summed E-state index contributed by atoms with van der Waals surface area (Å²) in [5.41, 5.74) is 3.66. The fraction of sp³-hybridized carbons (Fsp3) is 0.444. The van der Waals surface area contributed by atoms with Crippen molar-refractivity contribution < 1.29 is 9.47 Å². The zero-order chi connectivity index (χ0) is 22.9. The molecule has 1 aliphatic heterocycles. The first-order valence-electron chi connectivity index (χ1n) is 11.3. The van der Waals surface area contributed by atoms with Crippen LogP contribution in [-0.2, 0) is 5.41 Å². The summed E-state index contributed by atoms with van der Waals surface area (Å²) in [5, 5.41) is 1.24. The third-order valence-corrected chi connectivity index (χ3v) is 8.09. The van der Waals surface area contributed by atoms with Crippen molar-refractivity contribution in [2.75, 3.05) is 27.3 Å². The molecule has 0 unspecified atom stereocenters. The van der Waals surface area contributed by atoms with Gasteiger partial charge >= 0.3 is 0 Å². The van der Waals surface area contributed by atoms with Gasteiger partial charge in [-0.05, 0) is 101 Å². The fourth-order valence-electron chi connectivity index (χ4n) is 4.35. The highest BCUT2D eigenvalue weighted by molar-refractivity contribution is 7.15. The number of aromatic nitrogens is 1. The normalized spacial score (nSPS) is 16.7. The van der Waals surface area contributed by atoms with Crippen LogP contribution < -0.4 is 9.47 Å². The molecule has 0 radical (unpaired) electrons. The Morgan fingerprint density at radius 1 is 0.844 bits per heavy atom. The third kappa shape index (κ3) is 4.55. The molecule has 4 rings (SSSR count). The molecule has 32 heavy (non-hydrogen) atoms. The second kappa shape index (κ2) is 8.87. The van der Waals surface area contributed by atoms with Gasteiger partial charge in [-0.25, -0.2) is 4.98 Å². The highest BCUT2D eigenvalue weighted by atomic mass is 32.1. The maximum absolute atomic E-state index is 5.37. The van der Waals surface area contributed by atoms with Gasteiger partial charge in [0.15, 0.2) is 0 Å². The Morgan fingerprint density at radius 2 is 1.34 bits per heavy atom. The lowest BCUT2D eigenvalue weighted by Crippen LogP contribution is -2.49. The van der Waals surface area contributed by atoms with E-state index in [0.29, 0.717) is 0 Å². The van der Waals surface area contributed by atoms with Gasteiger partial charge < -0.3 is 9.47 Å². The molecule has 2 aromatic carbocycles. The maximum Gasteiger partial charge on any atom is 0.118 e. The smallest absolute Gasteiger partial charge is 0.118 e. The molecule has 5 heteroatoms. The van der Waals surface area contributed by atoms with Gasteiger partial charge in [-0.3, -0.25) is 4.90 Å². The summed E-state index contributed by atoms with van der Waals surface area (Å²) in [4.78, 5) is 9.07. The van der Waals surface area contributed by atoms with Crippen LogP contribution in [0.2, 0.25) is 0 Å². The molecule has 1 aliphatic rings. The number of hydrogen-bond donors (Lipinski definition) is 0. The van der Waals surface area contributed by atoms with Crippen LogP contribution in [0.15, 0.2) is 48.5 Å². The molecule has 1 aromatic heterocycles. The van der Waals surface area contributed by atoms with Crippen LogP contribution in [0.5, 0.6) is 11.5 Å². The van der Waals surface area contributed by atoms with Crippen molar-refractivity contribution >= 4 is 11.3 Å². The summed E-state index contributed by atoms with van der Waals surface area (Å²) in [5.74, 6) is 1.72. The van der Waals surface area contributed by atoms with Crippen molar-refractivity contribution in [2.24, 2.45) is 0 Å². The SMILES string of the molecule is COc1ccc(-c2nc(C3(C)CCN(C(C)(C)C)CC3)sc2-c2ccc(OC)cc2)cc1. The van der Waals surface area contributed by atoms with Crippen molar-refractivity contribution in [3.05, 3.63) is 53.5 Å². The Kier molecular flexibility index (Phi) is 6.33. The quantitative estimate of drug-likeness (QED) is 0.436. The summed E-state index contributed by atoms with van der Waals surface area (Å²) >= 11 is 1.84. The molecular weight excluding hydrogens is 416 g/mol. The molecule has 2 heterocycles. The first-order chi connectivity index (χ1) is 15.2. The standard InChI is InChI=1S/C27H34N2O2S/c1-26(2,3)29-17-15-27(4,16-18-29)25-28-23(19-7-11-21(30-5)12-8-19)24(32-25)20-9-13-22(31-6)14-10-20/h7-14H,15-18H2,1-6H3. The predicted octanol–water partition coefficient (Wildman–Crippen LogP) is 6.65. The van der Waals surface area contributed by atoms with E-state index in [1.807, 2.05) is 35.6 Å². The van der Waals surface area contributed by atoms with Crippen LogP contribution in [0.25, 0.3) is 21.7 Å². The van der Waals surface area contributed by atoms with E-state index in [-0.39, 0.29) is 11.0 Å². The number of likely N-dealkylation sites (tertiary alicyclic amines) is 1. The molecule has 0 spiro atoms. The number of benzene rings is 2. The first kappa shape index (κ1) is 22.8. The van der Waals surface area contributed by atoms with E-state index in [1.165, 1.54) is 15.4 Å². The van der Waals surface area contributed by atoms with Gasteiger partial charge in [-0.1, -0.05) is 6.92 Å². The van der Waals surface area contributed by atoms with Crippen LogP contribution in [0, 0.1) is 0 Å². The molecule has 1 fully saturated rings. The number of nitrogens with zero attached hydrogens (tertiary/aromatic N) is 2. The zero-order valence-corrected chi connectivity index (χ0v) is 20.9. The van der Waals surface area contributed by atoms with E-state index >= 15 is 0 Å². The Bertz CT molecular complexity index is 976. The minimum Gasteiger partial charge on any atom is -0.497 e. The topological polar surface area (TPSA) is 34.6 Å². The summed E-state index contributed by atoms with van der Waals surface area (Å²) in [7, 11) is 3.40. The lowest BCUT2D eigenvalue weighted by atomic mass is 9.80. The molecule has 0 saturated carbocycles. The number of methoxy groups -OCH3 is 2. The van der Waals surface area contributed by atoms with E-state index in [4.69, 9.17) is 14.5 Å². The average Bonchev–Trinajstić information content (AvgIpc) is 3.25. The Balaban J connectivity index is 1.73. The lowest BCUT2D eigenvalue weighted by Gasteiger charge is -2.44. The van der Waals surface area contributed by atoms with Crippen molar-refractivity contribution in [3.63, 3.8) is 0 Å². The second-order valence-electron chi connectivity index (χ2n) is 9.87. The Hall–Kier alpha value is -2.37. The van der Waals surface area contributed by atoms with Gasteiger partial charge in [-0.15, -0.1) is 11.3 Å². The zero-order valence-electron chi connectivity index (χ0n) is 20.1. The van der Waals surface area contributed by atoms with Crippen LogP contribution in [-0.4, -0.2) is 42.7 Å². The number of rotatable bonds is 5. The highest BCUT2D eigenvalue weighted by Gasteiger charge is 2.38. The monoisotopic (exact) mass is 450 g/mol. The number of ether oxygens (including phenoxy) is 2. The van der Waals surface area contributed by atoms with E-state index in [9.17, 15) is 0 Å². The Labute approximate surface area is 196 Å². The molecule has 0 aliphatic carbocycles. The maximum atomic E-state index is 5.37. The van der Waals surface area contributed by atoms with Gasteiger partial charge in [0.2, 0.25) is 0 Å². The van der Waals surface area contributed by atoms with Gasteiger partial charge in [0.1, 0.15) is 11.5 Å². The van der Waals surface area contributed by atoms with Crippen LogP contribution in [0.4, 0.5) is 0 Å².